The van der Waals surface area contributed by atoms with E-state index in [0.29, 0.717) is 11.9 Å². The van der Waals surface area contributed by atoms with Crippen LogP contribution in [0.1, 0.15) is 44.9 Å². The minimum atomic E-state index is -0.257. The zero-order valence-corrected chi connectivity index (χ0v) is 19.3. The number of hydrogen-bond donors (Lipinski definition) is 0. The summed E-state index contributed by atoms with van der Waals surface area (Å²) >= 11 is 0. The Morgan fingerprint density at radius 3 is 2.12 bits per heavy atom. The van der Waals surface area contributed by atoms with Crippen molar-refractivity contribution in [2.75, 3.05) is 44.2 Å². The molecule has 0 unspecified atom stereocenters. The lowest BCUT2D eigenvalue weighted by molar-refractivity contribution is -0.137. The Hall–Kier alpha value is -2.54. The van der Waals surface area contributed by atoms with Crippen LogP contribution in [-0.4, -0.2) is 71.2 Å². The number of carbonyl (C=O) groups excluding carboxylic acids is 1. The van der Waals surface area contributed by atoms with E-state index < -0.39 is 0 Å². The minimum Gasteiger partial charge on any atom is -0.355 e. The molecule has 0 atom stereocenters. The molecule has 0 spiro atoms. The Kier molecular flexibility index (Phi) is 6.85. The topological polar surface area (TPSA) is 52.6 Å². The van der Waals surface area contributed by atoms with Gasteiger partial charge in [-0.15, -0.1) is 10.2 Å². The maximum Gasteiger partial charge on any atom is 0.225 e. The Morgan fingerprint density at radius 2 is 1.48 bits per heavy atom. The fraction of sp³-hybridized carbons (Fsp3) is 0.577. The number of rotatable bonds is 4. The third kappa shape index (κ3) is 5.18. The molecule has 7 heteroatoms. The van der Waals surface area contributed by atoms with Gasteiger partial charge < -0.3 is 14.7 Å². The van der Waals surface area contributed by atoms with Crippen LogP contribution in [0, 0.1) is 11.7 Å². The molecule has 5 rings (SSSR count). The van der Waals surface area contributed by atoms with Gasteiger partial charge in [0.1, 0.15) is 5.82 Å². The largest absolute Gasteiger partial charge is 0.355 e. The number of nitrogens with zero attached hydrogens (tertiary/aromatic N) is 5. The average Bonchev–Trinajstić information content (AvgIpc) is 2.90. The van der Waals surface area contributed by atoms with Gasteiger partial charge in [0.2, 0.25) is 5.91 Å². The Balaban J connectivity index is 1.10. The van der Waals surface area contributed by atoms with Gasteiger partial charge in [0.25, 0.3) is 0 Å². The van der Waals surface area contributed by atoms with Gasteiger partial charge in [-0.2, -0.15) is 0 Å². The molecule has 176 valence electrons. The summed E-state index contributed by atoms with van der Waals surface area (Å²) in [5, 5.41) is 8.73. The van der Waals surface area contributed by atoms with Gasteiger partial charge in [0.05, 0.1) is 5.69 Å². The fourth-order valence-corrected chi connectivity index (χ4v) is 5.62. The molecule has 1 aromatic carbocycles. The van der Waals surface area contributed by atoms with Crippen LogP contribution < -0.4 is 4.90 Å². The summed E-state index contributed by atoms with van der Waals surface area (Å²) in [6.45, 7) is 5.96. The first-order valence-electron chi connectivity index (χ1n) is 12.5. The van der Waals surface area contributed by atoms with Crippen molar-refractivity contribution in [1.29, 1.82) is 0 Å². The molecule has 0 saturated carbocycles. The van der Waals surface area contributed by atoms with Crippen LogP contribution in [0.2, 0.25) is 0 Å². The predicted octanol–water partition coefficient (Wildman–Crippen LogP) is 3.98. The van der Waals surface area contributed by atoms with E-state index in [4.69, 9.17) is 0 Å². The van der Waals surface area contributed by atoms with Crippen LogP contribution in [0.4, 0.5) is 10.2 Å². The molecular weight excluding hydrogens is 417 g/mol. The molecule has 1 amide bonds. The SMILES string of the molecule is O=C(C1CCN(c2ccc(-c3ccc(F)cc3)nn2)CC1)N1CCC(N2CCCCC2)CC1. The number of aromatic nitrogens is 2. The molecule has 3 saturated heterocycles. The molecule has 33 heavy (non-hydrogen) atoms. The molecule has 0 bridgehead atoms. The van der Waals surface area contributed by atoms with Crippen molar-refractivity contribution in [3.05, 3.63) is 42.2 Å². The van der Waals surface area contributed by atoms with Gasteiger partial charge in [0, 0.05) is 43.7 Å². The predicted molar refractivity (Wildman–Crippen MR) is 127 cm³/mol. The zero-order valence-electron chi connectivity index (χ0n) is 19.3. The van der Waals surface area contributed by atoms with E-state index in [9.17, 15) is 9.18 Å². The fourth-order valence-electron chi connectivity index (χ4n) is 5.62. The summed E-state index contributed by atoms with van der Waals surface area (Å²) in [4.78, 5) is 20.1. The summed E-state index contributed by atoms with van der Waals surface area (Å²) in [5.41, 5.74) is 1.58. The third-order valence-electron chi connectivity index (χ3n) is 7.64. The van der Waals surface area contributed by atoms with E-state index >= 15 is 0 Å². The highest BCUT2D eigenvalue weighted by Crippen LogP contribution is 2.27. The van der Waals surface area contributed by atoms with Gasteiger partial charge in [-0.3, -0.25) is 4.79 Å². The summed E-state index contributed by atoms with van der Waals surface area (Å²) in [7, 11) is 0. The summed E-state index contributed by atoms with van der Waals surface area (Å²) in [6, 6.07) is 10.9. The lowest BCUT2D eigenvalue weighted by Crippen LogP contribution is -2.50. The summed E-state index contributed by atoms with van der Waals surface area (Å²) in [5.74, 6) is 1.06. The molecular formula is C26H34FN5O. The Labute approximate surface area is 195 Å². The number of piperidine rings is 3. The number of hydrogen-bond acceptors (Lipinski definition) is 5. The quantitative estimate of drug-likeness (QED) is 0.704. The molecule has 3 aliphatic rings. The molecule has 4 heterocycles. The number of anilines is 1. The molecule has 3 aliphatic heterocycles. The standard InChI is InChI=1S/C26H34FN5O/c27-22-6-4-20(5-7-22)24-8-9-25(29-28-24)31-16-10-21(11-17-31)26(33)32-18-12-23(13-19-32)30-14-2-1-3-15-30/h4-9,21,23H,1-3,10-19H2. The second-order valence-corrected chi connectivity index (χ2v) is 9.70. The first-order valence-corrected chi connectivity index (χ1v) is 12.5. The monoisotopic (exact) mass is 451 g/mol. The highest BCUT2D eigenvalue weighted by atomic mass is 19.1. The van der Waals surface area contributed by atoms with Crippen molar-refractivity contribution in [2.24, 2.45) is 5.92 Å². The Morgan fingerprint density at radius 1 is 0.788 bits per heavy atom. The first kappa shape index (κ1) is 22.3. The third-order valence-corrected chi connectivity index (χ3v) is 7.64. The van der Waals surface area contributed by atoms with Crippen molar-refractivity contribution in [1.82, 2.24) is 20.0 Å². The first-order chi connectivity index (χ1) is 16.2. The van der Waals surface area contributed by atoms with Crippen molar-refractivity contribution in [3.63, 3.8) is 0 Å². The van der Waals surface area contributed by atoms with Crippen LogP contribution in [0.3, 0.4) is 0 Å². The number of likely N-dealkylation sites (tertiary alicyclic amines) is 2. The maximum atomic E-state index is 13.1. The van der Waals surface area contributed by atoms with Crippen molar-refractivity contribution in [2.45, 2.75) is 51.0 Å². The second-order valence-electron chi connectivity index (χ2n) is 9.70. The van der Waals surface area contributed by atoms with Gasteiger partial charge >= 0.3 is 0 Å². The molecule has 0 aliphatic carbocycles. The summed E-state index contributed by atoms with van der Waals surface area (Å²) < 4.78 is 13.1. The molecule has 2 aromatic rings. The Bertz CT molecular complexity index is 913. The van der Waals surface area contributed by atoms with E-state index in [1.165, 1.54) is 44.5 Å². The molecule has 0 N–H and O–H groups in total. The lowest BCUT2D eigenvalue weighted by Gasteiger charge is -2.41. The smallest absolute Gasteiger partial charge is 0.225 e. The van der Waals surface area contributed by atoms with E-state index in [1.807, 2.05) is 12.1 Å². The number of halogens is 1. The zero-order chi connectivity index (χ0) is 22.6. The second kappa shape index (κ2) is 10.2. The molecule has 0 radical (unpaired) electrons. The van der Waals surface area contributed by atoms with Gasteiger partial charge in [-0.05, 0) is 88.0 Å². The van der Waals surface area contributed by atoms with Crippen LogP contribution in [0.15, 0.2) is 36.4 Å². The highest BCUT2D eigenvalue weighted by molar-refractivity contribution is 5.79. The van der Waals surface area contributed by atoms with Gasteiger partial charge in [-0.25, -0.2) is 4.39 Å². The van der Waals surface area contributed by atoms with E-state index in [2.05, 4.69) is 24.9 Å². The molecule has 1 aromatic heterocycles. The van der Waals surface area contributed by atoms with E-state index in [0.717, 1.165) is 68.9 Å². The normalized spacial score (nSPS) is 21.4. The summed E-state index contributed by atoms with van der Waals surface area (Å²) in [6.07, 6.45) is 8.02. The van der Waals surface area contributed by atoms with Crippen LogP contribution in [0.25, 0.3) is 11.3 Å². The van der Waals surface area contributed by atoms with Gasteiger partial charge in [0.15, 0.2) is 5.82 Å². The van der Waals surface area contributed by atoms with Crippen molar-refractivity contribution < 1.29 is 9.18 Å². The van der Waals surface area contributed by atoms with E-state index in [-0.39, 0.29) is 11.7 Å². The number of benzene rings is 1. The van der Waals surface area contributed by atoms with Crippen molar-refractivity contribution in [3.8, 4) is 11.3 Å². The highest BCUT2D eigenvalue weighted by Gasteiger charge is 2.32. The molecule has 6 nitrogen and oxygen atoms in total. The minimum absolute atomic E-state index is 0.124. The number of carbonyl (C=O) groups is 1. The maximum absolute atomic E-state index is 13.1. The van der Waals surface area contributed by atoms with Crippen molar-refractivity contribution >= 4 is 11.7 Å². The average molecular weight is 452 g/mol. The number of amides is 1. The van der Waals surface area contributed by atoms with Gasteiger partial charge in [-0.1, -0.05) is 6.42 Å². The molecule has 3 fully saturated rings. The van der Waals surface area contributed by atoms with Crippen LogP contribution in [0.5, 0.6) is 0 Å². The van der Waals surface area contributed by atoms with Crippen LogP contribution in [-0.2, 0) is 4.79 Å². The van der Waals surface area contributed by atoms with Crippen LogP contribution >= 0.6 is 0 Å². The lowest BCUT2D eigenvalue weighted by atomic mass is 9.93. The van der Waals surface area contributed by atoms with E-state index in [1.54, 1.807) is 12.1 Å².